The molecule has 2 unspecified atom stereocenters. The molecule has 1 aliphatic carbocycles. The summed E-state index contributed by atoms with van der Waals surface area (Å²) in [6.45, 7) is 1.25. The molecule has 36 heavy (non-hydrogen) atoms. The molecule has 1 amide bonds. The van der Waals surface area contributed by atoms with E-state index < -0.39 is 18.2 Å². The molecule has 0 spiro atoms. The van der Waals surface area contributed by atoms with E-state index in [1.165, 1.54) is 39.2 Å². The molecule has 9 heteroatoms. The number of alkyl carbamates (subject to hydrolysis) is 1. The second kappa shape index (κ2) is 15.3. The van der Waals surface area contributed by atoms with Crippen molar-refractivity contribution in [2.75, 3.05) is 20.3 Å². The van der Waals surface area contributed by atoms with Gasteiger partial charge in [-0.15, -0.1) is 0 Å². The van der Waals surface area contributed by atoms with Crippen LogP contribution in [0.15, 0.2) is 42.9 Å². The molecule has 1 fully saturated rings. The second-order valence-electron chi connectivity index (χ2n) is 9.50. The van der Waals surface area contributed by atoms with Crippen LogP contribution in [0, 0.1) is 5.92 Å². The van der Waals surface area contributed by atoms with Crippen molar-refractivity contribution in [3.8, 4) is 0 Å². The van der Waals surface area contributed by atoms with Gasteiger partial charge < -0.3 is 29.8 Å². The zero-order chi connectivity index (χ0) is 25.6. The molecule has 1 aliphatic rings. The van der Waals surface area contributed by atoms with Gasteiger partial charge in [-0.2, -0.15) is 0 Å². The smallest absolute Gasteiger partial charge is 0.407 e. The number of esters is 1. The predicted molar refractivity (Wildman–Crippen MR) is 136 cm³/mol. The minimum Gasteiger partial charge on any atom is -0.468 e. The number of aliphatic hydroxyl groups is 1. The number of ether oxygens (including phenoxy) is 2. The summed E-state index contributed by atoms with van der Waals surface area (Å²) in [4.78, 5) is 28.9. The Morgan fingerprint density at radius 3 is 2.69 bits per heavy atom. The average molecular weight is 501 g/mol. The van der Waals surface area contributed by atoms with Gasteiger partial charge in [-0.3, -0.25) is 4.79 Å². The van der Waals surface area contributed by atoms with Gasteiger partial charge in [0.25, 0.3) is 0 Å². The van der Waals surface area contributed by atoms with Crippen LogP contribution in [0.2, 0.25) is 0 Å². The first kappa shape index (κ1) is 27.7. The maximum Gasteiger partial charge on any atom is 0.407 e. The van der Waals surface area contributed by atoms with Gasteiger partial charge in [0.15, 0.2) is 0 Å². The lowest BCUT2D eigenvalue weighted by Crippen LogP contribution is -2.44. The molecular formula is C27H40N4O5. The Hall–Kier alpha value is -2.91. The number of nitrogens with one attached hydrogen (secondary N) is 2. The number of hydrogen-bond donors (Lipinski definition) is 3. The van der Waals surface area contributed by atoms with Crippen LogP contribution >= 0.6 is 0 Å². The standard InChI is InChI=1S/C27H40N4O5/c1-35-26(33)25(16-24-17-31(20-29-24)15-13-21-8-4-2-5-9-21)28-14-12-23(18-32)30-27(34)36-19-22-10-6-3-7-11-22/h3,6-7,10-11,17,20-21,23,25,28,32H,2,4-5,8-9,12-16,18-19H2,1H3,(H,30,34). The Bertz CT molecular complexity index is 914. The van der Waals surface area contributed by atoms with Crippen molar-refractivity contribution in [3.63, 3.8) is 0 Å². The number of carbonyl (C=O) groups excluding carboxylic acids is 2. The Morgan fingerprint density at radius 1 is 1.19 bits per heavy atom. The molecule has 1 heterocycles. The third-order valence-electron chi connectivity index (χ3n) is 6.74. The highest BCUT2D eigenvalue weighted by Gasteiger charge is 2.22. The minimum absolute atomic E-state index is 0.154. The van der Waals surface area contributed by atoms with E-state index in [0.29, 0.717) is 19.4 Å². The van der Waals surface area contributed by atoms with Crippen LogP contribution in [0.4, 0.5) is 4.79 Å². The van der Waals surface area contributed by atoms with E-state index >= 15 is 0 Å². The number of rotatable bonds is 14. The van der Waals surface area contributed by atoms with Crippen LogP contribution in [0.3, 0.4) is 0 Å². The first-order chi connectivity index (χ1) is 17.6. The maximum absolute atomic E-state index is 12.3. The fourth-order valence-electron chi connectivity index (χ4n) is 4.60. The number of amides is 1. The third-order valence-corrected chi connectivity index (χ3v) is 6.74. The Balaban J connectivity index is 1.41. The van der Waals surface area contributed by atoms with Gasteiger partial charge in [-0.05, 0) is 30.9 Å². The number of carbonyl (C=O) groups is 2. The van der Waals surface area contributed by atoms with Crippen molar-refractivity contribution >= 4 is 12.1 Å². The molecule has 9 nitrogen and oxygen atoms in total. The number of benzene rings is 1. The summed E-state index contributed by atoms with van der Waals surface area (Å²) in [5, 5.41) is 15.5. The van der Waals surface area contributed by atoms with Gasteiger partial charge in [0.2, 0.25) is 0 Å². The molecular weight excluding hydrogens is 460 g/mol. The summed E-state index contributed by atoms with van der Waals surface area (Å²) >= 11 is 0. The van der Waals surface area contributed by atoms with Crippen LogP contribution < -0.4 is 10.6 Å². The molecule has 198 valence electrons. The molecule has 0 bridgehead atoms. The highest BCUT2D eigenvalue weighted by atomic mass is 16.5. The second-order valence-corrected chi connectivity index (χ2v) is 9.50. The first-order valence-electron chi connectivity index (χ1n) is 13.0. The van der Waals surface area contributed by atoms with E-state index in [2.05, 4.69) is 20.2 Å². The quantitative estimate of drug-likeness (QED) is 0.341. The number of methoxy groups -OCH3 is 1. The van der Waals surface area contributed by atoms with Crippen molar-refractivity contribution in [1.82, 2.24) is 20.2 Å². The number of hydrogen-bond acceptors (Lipinski definition) is 7. The lowest BCUT2D eigenvalue weighted by Gasteiger charge is -2.21. The van der Waals surface area contributed by atoms with Crippen molar-refractivity contribution in [2.24, 2.45) is 5.92 Å². The average Bonchev–Trinajstić information content (AvgIpc) is 3.37. The predicted octanol–water partition coefficient (Wildman–Crippen LogP) is 3.20. The minimum atomic E-state index is -0.596. The Labute approximate surface area is 213 Å². The Kier molecular flexibility index (Phi) is 11.7. The fourth-order valence-corrected chi connectivity index (χ4v) is 4.60. The van der Waals surface area contributed by atoms with Crippen LogP contribution in [0.25, 0.3) is 0 Å². The molecule has 0 aliphatic heterocycles. The monoisotopic (exact) mass is 500 g/mol. The fraction of sp³-hybridized carbons (Fsp3) is 0.593. The first-order valence-corrected chi connectivity index (χ1v) is 13.0. The van der Waals surface area contributed by atoms with E-state index in [0.717, 1.165) is 30.1 Å². The normalized spacial score (nSPS) is 15.7. The van der Waals surface area contributed by atoms with Crippen LogP contribution in [-0.4, -0.2) is 59.1 Å². The lowest BCUT2D eigenvalue weighted by molar-refractivity contribution is -0.143. The van der Waals surface area contributed by atoms with Crippen LogP contribution in [0.5, 0.6) is 0 Å². The summed E-state index contributed by atoms with van der Waals surface area (Å²) in [5.41, 5.74) is 1.70. The maximum atomic E-state index is 12.3. The van der Waals surface area contributed by atoms with Crippen LogP contribution in [0.1, 0.15) is 56.2 Å². The van der Waals surface area contributed by atoms with E-state index in [-0.39, 0.29) is 19.2 Å². The summed E-state index contributed by atoms with van der Waals surface area (Å²) in [5.74, 6) is 0.431. The summed E-state index contributed by atoms with van der Waals surface area (Å²) in [6.07, 6.45) is 11.9. The van der Waals surface area contributed by atoms with Gasteiger partial charge in [0.1, 0.15) is 12.6 Å². The molecule has 1 saturated carbocycles. The zero-order valence-electron chi connectivity index (χ0n) is 21.2. The lowest BCUT2D eigenvalue weighted by atomic mass is 9.87. The zero-order valence-corrected chi connectivity index (χ0v) is 21.2. The molecule has 3 N–H and O–H groups in total. The highest BCUT2D eigenvalue weighted by Crippen LogP contribution is 2.26. The van der Waals surface area contributed by atoms with E-state index in [1.54, 1.807) is 0 Å². The summed E-state index contributed by atoms with van der Waals surface area (Å²) in [7, 11) is 1.36. The van der Waals surface area contributed by atoms with Gasteiger partial charge in [0.05, 0.1) is 31.8 Å². The van der Waals surface area contributed by atoms with Crippen molar-refractivity contribution in [2.45, 2.75) is 76.6 Å². The van der Waals surface area contributed by atoms with Gasteiger partial charge in [0, 0.05) is 19.2 Å². The SMILES string of the molecule is COC(=O)C(Cc1cn(CCC2CCCCC2)cn1)NCCC(CO)NC(=O)OCc1ccccc1. The molecule has 0 saturated heterocycles. The van der Waals surface area contributed by atoms with Crippen LogP contribution in [-0.2, 0) is 33.8 Å². The molecule has 3 rings (SSSR count). The number of aryl methyl sites for hydroxylation is 1. The number of aromatic nitrogens is 2. The molecule has 1 aromatic carbocycles. The number of aliphatic hydroxyl groups excluding tert-OH is 1. The molecule has 2 aromatic rings. The molecule has 0 radical (unpaired) electrons. The Morgan fingerprint density at radius 2 is 1.97 bits per heavy atom. The van der Waals surface area contributed by atoms with Gasteiger partial charge in [-0.1, -0.05) is 62.4 Å². The third kappa shape index (κ3) is 9.62. The molecule has 1 aromatic heterocycles. The summed E-state index contributed by atoms with van der Waals surface area (Å²) < 4.78 is 12.3. The van der Waals surface area contributed by atoms with Gasteiger partial charge >= 0.3 is 12.1 Å². The highest BCUT2D eigenvalue weighted by molar-refractivity contribution is 5.76. The van der Waals surface area contributed by atoms with Gasteiger partial charge in [-0.25, -0.2) is 9.78 Å². The summed E-state index contributed by atoms with van der Waals surface area (Å²) in [6, 6.07) is 8.31. The topological polar surface area (TPSA) is 115 Å². The van der Waals surface area contributed by atoms with E-state index in [4.69, 9.17) is 9.47 Å². The molecule has 2 atom stereocenters. The van der Waals surface area contributed by atoms with E-state index in [9.17, 15) is 14.7 Å². The number of nitrogens with zero attached hydrogens (tertiary/aromatic N) is 2. The van der Waals surface area contributed by atoms with Crippen molar-refractivity contribution in [1.29, 1.82) is 0 Å². The van der Waals surface area contributed by atoms with Crippen molar-refractivity contribution in [3.05, 3.63) is 54.1 Å². The number of imidazole rings is 1. The van der Waals surface area contributed by atoms with E-state index in [1.807, 2.05) is 42.9 Å². The van der Waals surface area contributed by atoms with Crippen molar-refractivity contribution < 1.29 is 24.2 Å². The largest absolute Gasteiger partial charge is 0.468 e.